The van der Waals surface area contributed by atoms with E-state index in [0.717, 1.165) is 29.7 Å². The zero-order valence-electron chi connectivity index (χ0n) is 9.51. The maximum atomic E-state index is 6.10. The van der Waals surface area contributed by atoms with Crippen molar-refractivity contribution in [2.75, 3.05) is 7.11 Å². The summed E-state index contributed by atoms with van der Waals surface area (Å²) in [5.74, 6) is 0.756. The number of ether oxygens (including phenoxy) is 1. The van der Waals surface area contributed by atoms with Gasteiger partial charge in [0.2, 0.25) is 0 Å². The van der Waals surface area contributed by atoms with Crippen molar-refractivity contribution in [3.63, 3.8) is 0 Å². The lowest BCUT2D eigenvalue weighted by atomic mass is 10.0. The lowest BCUT2D eigenvalue weighted by Crippen LogP contribution is -2.21. The molecule has 0 aliphatic carbocycles. The highest BCUT2D eigenvalue weighted by Gasteiger charge is 2.11. The SMILES string of the molecule is CCC(N)Cc1cc(C)cc(Cl)c1OC. The molecule has 15 heavy (non-hydrogen) atoms. The van der Waals surface area contributed by atoms with Gasteiger partial charge in [-0.25, -0.2) is 0 Å². The predicted molar refractivity (Wildman–Crippen MR) is 64.7 cm³/mol. The van der Waals surface area contributed by atoms with E-state index >= 15 is 0 Å². The van der Waals surface area contributed by atoms with Crippen LogP contribution in [-0.4, -0.2) is 13.2 Å². The second-order valence-electron chi connectivity index (χ2n) is 3.81. The second-order valence-corrected chi connectivity index (χ2v) is 4.22. The van der Waals surface area contributed by atoms with Crippen LogP contribution in [0.5, 0.6) is 5.75 Å². The number of hydrogen-bond acceptors (Lipinski definition) is 2. The molecule has 0 saturated heterocycles. The average molecular weight is 228 g/mol. The monoisotopic (exact) mass is 227 g/mol. The van der Waals surface area contributed by atoms with E-state index in [2.05, 4.69) is 13.0 Å². The van der Waals surface area contributed by atoms with Crippen molar-refractivity contribution in [2.45, 2.75) is 32.7 Å². The summed E-state index contributed by atoms with van der Waals surface area (Å²) < 4.78 is 5.29. The number of benzene rings is 1. The molecule has 0 radical (unpaired) electrons. The summed E-state index contributed by atoms with van der Waals surface area (Å²) in [5.41, 5.74) is 8.16. The zero-order chi connectivity index (χ0) is 11.4. The maximum Gasteiger partial charge on any atom is 0.140 e. The Balaban J connectivity index is 3.03. The Kier molecular flexibility index (Phi) is 4.43. The lowest BCUT2D eigenvalue weighted by molar-refractivity contribution is 0.407. The van der Waals surface area contributed by atoms with Crippen LogP contribution in [0.3, 0.4) is 0 Å². The number of nitrogens with two attached hydrogens (primary N) is 1. The molecule has 0 aliphatic rings. The third-order valence-electron chi connectivity index (χ3n) is 2.48. The summed E-state index contributed by atoms with van der Waals surface area (Å²) >= 11 is 6.10. The van der Waals surface area contributed by atoms with Crippen LogP contribution in [0.15, 0.2) is 12.1 Å². The summed E-state index contributed by atoms with van der Waals surface area (Å²) in [4.78, 5) is 0. The quantitative estimate of drug-likeness (QED) is 0.859. The molecule has 0 bridgehead atoms. The van der Waals surface area contributed by atoms with Crippen molar-refractivity contribution in [1.82, 2.24) is 0 Å². The van der Waals surface area contributed by atoms with E-state index in [1.165, 1.54) is 0 Å². The highest BCUT2D eigenvalue weighted by molar-refractivity contribution is 6.32. The topological polar surface area (TPSA) is 35.2 Å². The summed E-state index contributed by atoms with van der Waals surface area (Å²) in [6, 6.07) is 4.15. The Bertz CT molecular complexity index is 339. The maximum absolute atomic E-state index is 6.10. The molecule has 84 valence electrons. The highest BCUT2D eigenvalue weighted by atomic mass is 35.5. The molecule has 2 N–H and O–H groups in total. The highest BCUT2D eigenvalue weighted by Crippen LogP contribution is 2.30. The molecule has 1 atom stereocenters. The molecule has 0 fully saturated rings. The van der Waals surface area contributed by atoms with Gasteiger partial charge in [-0.2, -0.15) is 0 Å². The molecule has 0 aromatic heterocycles. The van der Waals surface area contributed by atoms with Crippen LogP contribution in [0, 0.1) is 6.92 Å². The Hall–Kier alpha value is -0.730. The van der Waals surface area contributed by atoms with Crippen LogP contribution in [-0.2, 0) is 6.42 Å². The number of rotatable bonds is 4. The van der Waals surface area contributed by atoms with Crippen LogP contribution in [0.2, 0.25) is 5.02 Å². The van der Waals surface area contributed by atoms with E-state index in [1.54, 1.807) is 7.11 Å². The van der Waals surface area contributed by atoms with Crippen molar-refractivity contribution in [1.29, 1.82) is 0 Å². The molecule has 0 saturated carbocycles. The van der Waals surface area contributed by atoms with Crippen molar-refractivity contribution in [2.24, 2.45) is 5.73 Å². The van der Waals surface area contributed by atoms with Crippen LogP contribution in [0.1, 0.15) is 24.5 Å². The van der Waals surface area contributed by atoms with E-state index in [0.29, 0.717) is 5.02 Å². The molecule has 1 aromatic carbocycles. The fourth-order valence-corrected chi connectivity index (χ4v) is 1.98. The largest absolute Gasteiger partial charge is 0.495 e. The van der Waals surface area contributed by atoms with E-state index in [-0.39, 0.29) is 6.04 Å². The number of methoxy groups -OCH3 is 1. The number of aryl methyl sites for hydroxylation is 1. The average Bonchev–Trinajstić information content (AvgIpc) is 2.17. The van der Waals surface area contributed by atoms with Crippen LogP contribution < -0.4 is 10.5 Å². The van der Waals surface area contributed by atoms with Crippen molar-refractivity contribution in [3.8, 4) is 5.75 Å². The van der Waals surface area contributed by atoms with Gasteiger partial charge >= 0.3 is 0 Å². The molecule has 1 rings (SSSR count). The van der Waals surface area contributed by atoms with E-state index < -0.39 is 0 Å². The summed E-state index contributed by atoms with van der Waals surface area (Å²) in [5, 5.41) is 0.663. The third-order valence-corrected chi connectivity index (χ3v) is 2.76. The number of halogens is 1. The summed E-state index contributed by atoms with van der Waals surface area (Å²) in [6.45, 7) is 4.10. The lowest BCUT2D eigenvalue weighted by Gasteiger charge is -2.14. The Morgan fingerprint density at radius 1 is 1.47 bits per heavy atom. The molecule has 2 nitrogen and oxygen atoms in total. The minimum absolute atomic E-state index is 0.164. The minimum atomic E-state index is 0.164. The first kappa shape index (κ1) is 12.3. The Morgan fingerprint density at radius 2 is 2.13 bits per heavy atom. The van der Waals surface area contributed by atoms with Gasteiger partial charge in [0.25, 0.3) is 0 Å². The van der Waals surface area contributed by atoms with Crippen molar-refractivity contribution >= 4 is 11.6 Å². The van der Waals surface area contributed by atoms with Crippen LogP contribution in [0.25, 0.3) is 0 Å². The first-order valence-electron chi connectivity index (χ1n) is 5.17. The van der Waals surface area contributed by atoms with Gasteiger partial charge in [-0.1, -0.05) is 24.6 Å². The molecule has 3 heteroatoms. The van der Waals surface area contributed by atoms with Gasteiger partial charge in [-0.3, -0.25) is 0 Å². The Labute approximate surface area is 96.4 Å². The van der Waals surface area contributed by atoms with Gasteiger partial charge in [0.1, 0.15) is 5.75 Å². The predicted octanol–water partition coefficient (Wildman–Crippen LogP) is 2.94. The molecular weight excluding hydrogens is 210 g/mol. The van der Waals surface area contributed by atoms with Gasteiger partial charge in [-0.15, -0.1) is 0 Å². The van der Waals surface area contributed by atoms with E-state index in [9.17, 15) is 0 Å². The molecule has 1 unspecified atom stereocenters. The van der Waals surface area contributed by atoms with Crippen LogP contribution >= 0.6 is 11.6 Å². The molecule has 0 amide bonds. The summed E-state index contributed by atoms with van der Waals surface area (Å²) in [7, 11) is 1.64. The number of hydrogen-bond donors (Lipinski definition) is 1. The van der Waals surface area contributed by atoms with Crippen molar-refractivity contribution in [3.05, 3.63) is 28.3 Å². The molecule has 0 spiro atoms. The van der Waals surface area contributed by atoms with Crippen molar-refractivity contribution < 1.29 is 4.74 Å². The summed E-state index contributed by atoms with van der Waals surface area (Å²) in [6.07, 6.45) is 1.76. The normalized spacial score (nSPS) is 12.6. The third kappa shape index (κ3) is 3.11. The van der Waals surface area contributed by atoms with E-state index in [1.807, 2.05) is 13.0 Å². The van der Waals surface area contributed by atoms with E-state index in [4.69, 9.17) is 22.1 Å². The van der Waals surface area contributed by atoms with Gasteiger partial charge in [0, 0.05) is 6.04 Å². The van der Waals surface area contributed by atoms with Gasteiger partial charge in [-0.05, 0) is 37.0 Å². The molecule has 0 heterocycles. The first-order valence-corrected chi connectivity index (χ1v) is 5.54. The molecule has 1 aromatic rings. The van der Waals surface area contributed by atoms with Crippen LogP contribution in [0.4, 0.5) is 0 Å². The minimum Gasteiger partial charge on any atom is -0.495 e. The fraction of sp³-hybridized carbons (Fsp3) is 0.500. The fourth-order valence-electron chi connectivity index (χ4n) is 1.61. The standard InChI is InChI=1S/C12H18ClNO/c1-4-10(14)7-9-5-8(2)6-11(13)12(9)15-3/h5-6,10H,4,7,14H2,1-3H3. The van der Waals surface area contributed by atoms with Gasteiger partial charge in [0.05, 0.1) is 12.1 Å². The van der Waals surface area contributed by atoms with Gasteiger partial charge < -0.3 is 10.5 Å². The first-order chi connectivity index (χ1) is 7.08. The zero-order valence-corrected chi connectivity index (χ0v) is 10.3. The Morgan fingerprint density at radius 3 is 2.67 bits per heavy atom. The second kappa shape index (κ2) is 5.38. The smallest absolute Gasteiger partial charge is 0.140 e. The van der Waals surface area contributed by atoms with Gasteiger partial charge in [0.15, 0.2) is 0 Å². The molecule has 0 aliphatic heterocycles. The molecular formula is C12H18ClNO.